The summed E-state index contributed by atoms with van der Waals surface area (Å²) >= 11 is 1.69. The van der Waals surface area contributed by atoms with Gasteiger partial charge in [0.05, 0.1) is 0 Å². The van der Waals surface area contributed by atoms with Crippen LogP contribution >= 0.6 is 11.8 Å². The van der Waals surface area contributed by atoms with Crippen LogP contribution in [0.3, 0.4) is 0 Å². The number of nitrogens with one attached hydrogen (secondary N) is 1. The van der Waals surface area contributed by atoms with E-state index < -0.39 is 5.56 Å². The molecule has 0 aliphatic carbocycles. The second-order valence-electron chi connectivity index (χ2n) is 4.67. The minimum Gasteiger partial charge on any atom is -0.396 e. The van der Waals surface area contributed by atoms with Crippen LogP contribution in [-0.4, -0.2) is 38.9 Å². The Hall–Kier alpha value is -1.41. The molecule has 0 aromatic carbocycles. The fraction of sp³-hybridized carbons (Fsp3) is 0.692. The summed E-state index contributed by atoms with van der Waals surface area (Å²) in [5, 5.41) is 11.7. The number of thioether (sulfide) groups is 1. The number of anilines is 2. The lowest BCUT2D eigenvalue weighted by Crippen LogP contribution is -2.41. The van der Waals surface area contributed by atoms with Crippen molar-refractivity contribution < 1.29 is 5.11 Å². The molecule has 0 atom stereocenters. The third-order valence-electron chi connectivity index (χ3n) is 3.03. The summed E-state index contributed by atoms with van der Waals surface area (Å²) < 4.78 is 2.50. The van der Waals surface area contributed by atoms with Gasteiger partial charge in [0.25, 0.3) is 5.56 Å². The molecule has 21 heavy (non-hydrogen) atoms. The first kappa shape index (κ1) is 17.6. The summed E-state index contributed by atoms with van der Waals surface area (Å²) in [6, 6.07) is 0. The molecule has 0 amide bonds. The normalized spacial score (nSPS) is 10.8. The van der Waals surface area contributed by atoms with Crippen LogP contribution in [0.1, 0.15) is 19.8 Å². The van der Waals surface area contributed by atoms with Gasteiger partial charge < -0.3 is 16.2 Å². The van der Waals surface area contributed by atoms with Crippen LogP contribution in [0.2, 0.25) is 0 Å². The van der Waals surface area contributed by atoms with Crippen molar-refractivity contribution in [3.63, 3.8) is 0 Å². The van der Waals surface area contributed by atoms with Crippen LogP contribution in [0, 0.1) is 0 Å². The third-order valence-corrected chi connectivity index (χ3v) is 4.10. The van der Waals surface area contributed by atoms with Gasteiger partial charge in [0.2, 0.25) is 0 Å². The van der Waals surface area contributed by atoms with E-state index in [0.29, 0.717) is 13.1 Å². The lowest BCUT2D eigenvalue weighted by atomic mass is 10.4. The molecule has 1 heterocycles. The monoisotopic (exact) mass is 316 g/mol. The van der Waals surface area contributed by atoms with Crippen molar-refractivity contribution >= 4 is 23.3 Å². The van der Waals surface area contributed by atoms with E-state index in [2.05, 4.69) is 5.32 Å². The van der Waals surface area contributed by atoms with E-state index in [1.165, 1.54) is 11.6 Å². The first-order valence-corrected chi connectivity index (χ1v) is 8.21. The Morgan fingerprint density at radius 3 is 2.67 bits per heavy atom. The minimum atomic E-state index is -0.398. The van der Waals surface area contributed by atoms with Gasteiger partial charge in [0, 0.05) is 32.5 Å². The Morgan fingerprint density at radius 2 is 2.05 bits per heavy atom. The number of aromatic nitrogens is 2. The maximum Gasteiger partial charge on any atom is 0.332 e. The Labute approximate surface area is 128 Å². The molecule has 0 saturated carbocycles. The third kappa shape index (κ3) is 4.53. The lowest BCUT2D eigenvalue weighted by molar-refractivity contribution is 0.296. The summed E-state index contributed by atoms with van der Waals surface area (Å²) in [4.78, 5) is 24.1. The molecule has 0 aliphatic heterocycles. The van der Waals surface area contributed by atoms with E-state index in [1.54, 1.807) is 11.8 Å². The molecular formula is C13H24N4O3S. The molecule has 1 aromatic rings. The van der Waals surface area contributed by atoms with E-state index in [-0.39, 0.29) is 23.8 Å². The topological polar surface area (TPSA) is 102 Å². The molecule has 1 rings (SSSR count). The first-order valence-electron chi connectivity index (χ1n) is 7.06. The maximum atomic E-state index is 12.1. The van der Waals surface area contributed by atoms with Gasteiger partial charge in [-0.1, -0.05) is 6.92 Å². The van der Waals surface area contributed by atoms with Gasteiger partial charge >= 0.3 is 5.69 Å². The predicted octanol–water partition coefficient (Wildman–Crippen LogP) is 0.0667. The second kappa shape index (κ2) is 8.78. The van der Waals surface area contributed by atoms with Crippen molar-refractivity contribution in [1.82, 2.24) is 9.13 Å². The Balaban J connectivity index is 2.82. The Kier molecular flexibility index (Phi) is 7.38. The van der Waals surface area contributed by atoms with E-state index in [0.717, 1.165) is 28.9 Å². The van der Waals surface area contributed by atoms with Crippen LogP contribution in [0.4, 0.5) is 11.5 Å². The van der Waals surface area contributed by atoms with Crippen LogP contribution in [0.5, 0.6) is 0 Å². The number of nitrogen functional groups attached to an aromatic ring is 1. The second-order valence-corrected chi connectivity index (χ2v) is 5.90. The molecule has 0 bridgehead atoms. The van der Waals surface area contributed by atoms with Crippen molar-refractivity contribution in [2.45, 2.75) is 26.3 Å². The number of hydrogen-bond acceptors (Lipinski definition) is 6. The molecule has 0 saturated heterocycles. The quantitative estimate of drug-likeness (QED) is 0.557. The zero-order valence-corrected chi connectivity index (χ0v) is 13.4. The minimum absolute atomic E-state index is 0.190. The lowest BCUT2D eigenvalue weighted by Gasteiger charge is -2.15. The van der Waals surface area contributed by atoms with Gasteiger partial charge in [-0.15, -0.1) is 0 Å². The summed E-state index contributed by atoms with van der Waals surface area (Å²) in [6.45, 7) is 3.20. The van der Waals surface area contributed by atoms with Crippen molar-refractivity contribution in [1.29, 1.82) is 0 Å². The highest BCUT2D eigenvalue weighted by atomic mass is 32.2. The zero-order valence-electron chi connectivity index (χ0n) is 12.6. The maximum absolute atomic E-state index is 12.1. The van der Waals surface area contributed by atoms with Crippen LogP contribution in [0.15, 0.2) is 9.59 Å². The Morgan fingerprint density at radius 1 is 1.33 bits per heavy atom. The largest absolute Gasteiger partial charge is 0.396 e. The fourth-order valence-electron chi connectivity index (χ4n) is 1.91. The first-order chi connectivity index (χ1) is 10.0. The van der Waals surface area contributed by atoms with Crippen molar-refractivity contribution in [2.24, 2.45) is 7.05 Å². The van der Waals surface area contributed by atoms with Crippen molar-refractivity contribution in [3.05, 3.63) is 20.8 Å². The number of hydrogen-bond donors (Lipinski definition) is 3. The molecule has 4 N–H and O–H groups in total. The molecule has 1 aromatic heterocycles. The highest BCUT2D eigenvalue weighted by Gasteiger charge is 2.14. The molecule has 7 nitrogen and oxygen atoms in total. The van der Waals surface area contributed by atoms with Crippen LogP contribution in [-0.2, 0) is 13.6 Å². The number of nitrogens with two attached hydrogens (primary N) is 1. The van der Waals surface area contributed by atoms with E-state index in [4.69, 9.17) is 10.8 Å². The summed E-state index contributed by atoms with van der Waals surface area (Å²) in [5.74, 6) is 1.88. The predicted molar refractivity (Wildman–Crippen MR) is 88.2 cm³/mol. The SMILES string of the molecule is CCCn1c(N)c(NCCSCCCO)c(=O)n(C)c1=O. The molecule has 0 radical (unpaired) electrons. The van der Waals surface area contributed by atoms with E-state index in [9.17, 15) is 9.59 Å². The van der Waals surface area contributed by atoms with E-state index in [1.807, 2.05) is 6.92 Å². The average molecular weight is 316 g/mol. The number of aliphatic hydroxyl groups excluding tert-OH is 1. The number of nitrogens with zero attached hydrogens (tertiary/aromatic N) is 2. The van der Waals surface area contributed by atoms with Gasteiger partial charge in [-0.25, -0.2) is 4.79 Å². The van der Waals surface area contributed by atoms with Crippen molar-refractivity contribution in [3.8, 4) is 0 Å². The molecule has 8 heteroatoms. The van der Waals surface area contributed by atoms with Gasteiger partial charge in [0.1, 0.15) is 11.5 Å². The molecule has 0 aliphatic rings. The smallest absolute Gasteiger partial charge is 0.332 e. The number of aliphatic hydroxyl groups is 1. The molecule has 0 spiro atoms. The highest BCUT2D eigenvalue weighted by molar-refractivity contribution is 7.99. The fourth-order valence-corrected chi connectivity index (χ4v) is 2.69. The van der Waals surface area contributed by atoms with Crippen LogP contribution < -0.4 is 22.3 Å². The number of rotatable bonds is 9. The highest BCUT2D eigenvalue weighted by Crippen LogP contribution is 2.11. The van der Waals surface area contributed by atoms with E-state index >= 15 is 0 Å². The standard InChI is InChI=1S/C13H24N4O3S/c1-3-6-17-11(14)10(12(19)16(2)13(17)20)15-5-9-21-8-4-7-18/h15,18H,3-9,14H2,1-2H3. The van der Waals surface area contributed by atoms with Gasteiger partial charge in [-0.3, -0.25) is 13.9 Å². The summed E-state index contributed by atoms with van der Waals surface area (Å²) in [6.07, 6.45) is 1.52. The van der Waals surface area contributed by atoms with Crippen LogP contribution in [0.25, 0.3) is 0 Å². The average Bonchev–Trinajstić information content (AvgIpc) is 2.48. The zero-order chi connectivity index (χ0) is 15.8. The molecular weight excluding hydrogens is 292 g/mol. The van der Waals surface area contributed by atoms with Gasteiger partial charge in [0.15, 0.2) is 0 Å². The van der Waals surface area contributed by atoms with Crippen molar-refractivity contribution in [2.75, 3.05) is 35.7 Å². The molecule has 0 fully saturated rings. The molecule has 120 valence electrons. The van der Waals surface area contributed by atoms with Gasteiger partial charge in [-0.2, -0.15) is 11.8 Å². The summed E-state index contributed by atoms with van der Waals surface area (Å²) in [7, 11) is 1.46. The van der Waals surface area contributed by atoms with Gasteiger partial charge in [-0.05, 0) is 18.6 Å². The molecule has 0 unspecified atom stereocenters. The summed E-state index contributed by atoms with van der Waals surface area (Å²) in [5.41, 5.74) is 5.45. The Bertz CT molecular complexity index is 568.